The summed E-state index contributed by atoms with van der Waals surface area (Å²) in [4.78, 5) is 13.3. The van der Waals surface area contributed by atoms with Crippen molar-refractivity contribution < 1.29 is 0 Å². The normalized spacial score (nSPS) is 14.6. The maximum Gasteiger partial charge on any atom is 0.180 e. The third-order valence-electron chi connectivity index (χ3n) is 2.89. The molecule has 1 aliphatic rings. The van der Waals surface area contributed by atoms with E-state index in [2.05, 4.69) is 20.3 Å². The Hall–Kier alpha value is -1.97. The SMILES string of the molecule is CNc1cc(C2CC2)nc(-c2ccccn2)n1. The topological polar surface area (TPSA) is 50.7 Å². The average Bonchev–Trinajstić information content (AvgIpc) is 3.23. The molecule has 1 aliphatic carbocycles. The van der Waals surface area contributed by atoms with Crippen LogP contribution < -0.4 is 5.32 Å². The molecule has 0 radical (unpaired) electrons. The van der Waals surface area contributed by atoms with Crippen molar-refractivity contribution in [2.24, 2.45) is 0 Å². The fraction of sp³-hybridized carbons (Fsp3) is 0.308. The number of hydrogen-bond acceptors (Lipinski definition) is 4. The fourth-order valence-corrected chi connectivity index (χ4v) is 1.79. The highest BCUT2D eigenvalue weighted by Crippen LogP contribution is 2.39. The number of aromatic nitrogens is 3. The molecule has 1 saturated carbocycles. The molecule has 3 rings (SSSR count). The maximum absolute atomic E-state index is 4.60. The number of nitrogens with zero attached hydrogens (tertiary/aromatic N) is 3. The van der Waals surface area contributed by atoms with E-state index in [0.717, 1.165) is 17.2 Å². The molecule has 0 unspecified atom stereocenters. The molecule has 0 bridgehead atoms. The molecular formula is C13H14N4. The lowest BCUT2D eigenvalue weighted by atomic mass is 10.2. The maximum atomic E-state index is 4.60. The van der Waals surface area contributed by atoms with Crippen LogP contribution in [-0.4, -0.2) is 22.0 Å². The molecule has 4 nitrogen and oxygen atoms in total. The van der Waals surface area contributed by atoms with E-state index in [0.29, 0.717) is 11.7 Å². The molecule has 2 heterocycles. The van der Waals surface area contributed by atoms with E-state index in [1.807, 2.05) is 31.3 Å². The zero-order valence-electron chi connectivity index (χ0n) is 9.72. The van der Waals surface area contributed by atoms with Gasteiger partial charge in [0.25, 0.3) is 0 Å². The highest BCUT2D eigenvalue weighted by Gasteiger charge is 2.26. The van der Waals surface area contributed by atoms with Crippen LogP contribution in [0.5, 0.6) is 0 Å². The van der Waals surface area contributed by atoms with Crippen molar-refractivity contribution in [3.63, 3.8) is 0 Å². The summed E-state index contributed by atoms with van der Waals surface area (Å²) >= 11 is 0. The minimum atomic E-state index is 0.618. The fourth-order valence-electron chi connectivity index (χ4n) is 1.79. The van der Waals surface area contributed by atoms with Gasteiger partial charge in [-0.15, -0.1) is 0 Å². The molecule has 0 atom stereocenters. The molecule has 2 aromatic rings. The second-order valence-electron chi connectivity index (χ2n) is 4.24. The van der Waals surface area contributed by atoms with Gasteiger partial charge in [0, 0.05) is 30.9 Å². The molecule has 1 fully saturated rings. The second-order valence-corrected chi connectivity index (χ2v) is 4.24. The minimum absolute atomic E-state index is 0.618. The molecule has 0 amide bonds. The Morgan fingerprint density at radius 1 is 1.24 bits per heavy atom. The predicted molar refractivity (Wildman–Crippen MR) is 66.8 cm³/mol. The van der Waals surface area contributed by atoms with E-state index in [9.17, 15) is 0 Å². The van der Waals surface area contributed by atoms with Crippen molar-refractivity contribution >= 4 is 5.82 Å². The van der Waals surface area contributed by atoms with Crippen molar-refractivity contribution in [3.05, 3.63) is 36.2 Å². The van der Waals surface area contributed by atoms with Gasteiger partial charge in [0.15, 0.2) is 5.82 Å². The second kappa shape index (κ2) is 4.13. The summed E-state index contributed by atoms with van der Waals surface area (Å²) in [5.41, 5.74) is 1.96. The lowest BCUT2D eigenvalue weighted by molar-refractivity contribution is 0.988. The lowest BCUT2D eigenvalue weighted by Gasteiger charge is -2.06. The summed E-state index contributed by atoms with van der Waals surface area (Å²) in [6.07, 6.45) is 4.24. The van der Waals surface area contributed by atoms with Crippen LogP contribution in [0.25, 0.3) is 11.5 Å². The summed E-state index contributed by atoms with van der Waals surface area (Å²) in [5, 5.41) is 3.08. The van der Waals surface area contributed by atoms with Gasteiger partial charge >= 0.3 is 0 Å². The van der Waals surface area contributed by atoms with Crippen LogP contribution in [0, 0.1) is 0 Å². The predicted octanol–water partition coefficient (Wildman–Crippen LogP) is 2.46. The highest BCUT2D eigenvalue weighted by atomic mass is 15.0. The minimum Gasteiger partial charge on any atom is -0.373 e. The lowest BCUT2D eigenvalue weighted by Crippen LogP contribution is -2.00. The van der Waals surface area contributed by atoms with Crippen LogP contribution in [0.3, 0.4) is 0 Å². The Bertz CT molecular complexity index is 520. The Kier molecular flexibility index (Phi) is 2.48. The van der Waals surface area contributed by atoms with E-state index < -0.39 is 0 Å². The van der Waals surface area contributed by atoms with Gasteiger partial charge in [0.1, 0.15) is 11.5 Å². The molecule has 1 N–H and O–H groups in total. The first-order chi connectivity index (χ1) is 8.36. The van der Waals surface area contributed by atoms with Gasteiger partial charge in [-0.2, -0.15) is 0 Å². The van der Waals surface area contributed by atoms with Crippen LogP contribution in [-0.2, 0) is 0 Å². The summed E-state index contributed by atoms with van der Waals surface area (Å²) in [7, 11) is 1.88. The van der Waals surface area contributed by atoms with Crippen LogP contribution in [0.1, 0.15) is 24.5 Å². The van der Waals surface area contributed by atoms with Crippen LogP contribution in [0.15, 0.2) is 30.5 Å². The molecule has 4 heteroatoms. The third kappa shape index (κ3) is 2.11. The van der Waals surface area contributed by atoms with E-state index >= 15 is 0 Å². The Morgan fingerprint density at radius 3 is 2.76 bits per heavy atom. The van der Waals surface area contributed by atoms with Gasteiger partial charge in [-0.25, -0.2) is 9.97 Å². The first kappa shape index (κ1) is 10.2. The Morgan fingerprint density at radius 2 is 2.12 bits per heavy atom. The van der Waals surface area contributed by atoms with Crippen LogP contribution >= 0.6 is 0 Å². The van der Waals surface area contributed by atoms with Crippen molar-refractivity contribution in [2.45, 2.75) is 18.8 Å². The largest absolute Gasteiger partial charge is 0.373 e. The Labute approximate surface area is 100 Å². The average molecular weight is 226 g/mol. The zero-order chi connectivity index (χ0) is 11.7. The smallest absolute Gasteiger partial charge is 0.180 e. The van der Waals surface area contributed by atoms with Gasteiger partial charge < -0.3 is 5.32 Å². The third-order valence-corrected chi connectivity index (χ3v) is 2.89. The van der Waals surface area contributed by atoms with Crippen molar-refractivity contribution in [3.8, 4) is 11.5 Å². The van der Waals surface area contributed by atoms with Crippen LogP contribution in [0.4, 0.5) is 5.82 Å². The molecule has 86 valence electrons. The van der Waals surface area contributed by atoms with Gasteiger partial charge in [0.05, 0.1) is 0 Å². The summed E-state index contributed by atoms with van der Waals surface area (Å²) in [5.74, 6) is 2.19. The van der Waals surface area contributed by atoms with E-state index in [1.54, 1.807) is 6.20 Å². The van der Waals surface area contributed by atoms with Gasteiger partial charge in [-0.05, 0) is 25.0 Å². The number of hydrogen-bond donors (Lipinski definition) is 1. The number of anilines is 1. The molecule has 17 heavy (non-hydrogen) atoms. The summed E-state index contributed by atoms with van der Waals surface area (Å²) in [6.45, 7) is 0. The molecule has 0 spiro atoms. The zero-order valence-corrected chi connectivity index (χ0v) is 9.72. The van der Waals surface area contributed by atoms with Crippen LogP contribution in [0.2, 0.25) is 0 Å². The molecular weight excluding hydrogens is 212 g/mol. The van der Waals surface area contributed by atoms with Gasteiger partial charge in [-0.3, -0.25) is 4.98 Å². The van der Waals surface area contributed by atoms with Gasteiger partial charge in [-0.1, -0.05) is 6.07 Å². The first-order valence-corrected chi connectivity index (χ1v) is 5.85. The van der Waals surface area contributed by atoms with Crippen molar-refractivity contribution in [1.29, 1.82) is 0 Å². The monoisotopic (exact) mass is 226 g/mol. The first-order valence-electron chi connectivity index (χ1n) is 5.85. The standard InChI is InChI=1S/C13H14N4/c1-14-12-8-11(9-5-6-9)16-13(17-12)10-4-2-3-7-15-10/h2-4,7-9H,5-6H2,1H3,(H,14,16,17). The van der Waals surface area contributed by atoms with E-state index in [4.69, 9.17) is 0 Å². The van der Waals surface area contributed by atoms with Crippen molar-refractivity contribution in [1.82, 2.24) is 15.0 Å². The van der Waals surface area contributed by atoms with E-state index in [1.165, 1.54) is 12.8 Å². The molecule has 0 aliphatic heterocycles. The van der Waals surface area contributed by atoms with E-state index in [-0.39, 0.29) is 0 Å². The molecule has 2 aromatic heterocycles. The Balaban J connectivity index is 2.06. The highest BCUT2D eigenvalue weighted by molar-refractivity contribution is 5.53. The molecule has 0 aromatic carbocycles. The van der Waals surface area contributed by atoms with Gasteiger partial charge in [0.2, 0.25) is 0 Å². The summed E-state index contributed by atoms with van der Waals surface area (Å²) in [6, 6.07) is 7.82. The molecule has 0 saturated heterocycles. The van der Waals surface area contributed by atoms with Crippen molar-refractivity contribution in [2.75, 3.05) is 12.4 Å². The number of rotatable bonds is 3. The quantitative estimate of drug-likeness (QED) is 0.873. The summed E-state index contributed by atoms with van der Waals surface area (Å²) < 4.78 is 0. The number of nitrogens with one attached hydrogen (secondary N) is 1. The number of pyridine rings is 1.